The molecule has 0 spiro atoms. The van der Waals surface area contributed by atoms with E-state index in [0.717, 1.165) is 5.06 Å². The molecule has 3 unspecified atom stereocenters. The van der Waals surface area contributed by atoms with E-state index in [-0.39, 0.29) is 12.6 Å². The predicted octanol–water partition coefficient (Wildman–Crippen LogP) is -1.22. The lowest BCUT2D eigenvalue weighted by Gasteiger charge is -2.20. The molecule has 1 fully saturated rings. The molecule has 1 rings (SSSR count). The van der Waals surface area contributed by atoms with E-state index in [1.807, 2.05) is 0 Å². The van der Waals surface area contributed by atoms with Gasteiger partial charge in [-0.2, -0.15) is 5.06 Å². The second-order valence-corrected chi connectivity index (χ2v) is 2.69. The number of aliphatic hydroxyl groups excluding tert-OH is 2. The normalized spacial score (nSPS) is 38.5. The summed E-state index contributed by atoms with van der Waals surface area (Å²) in [5.74, 6) is 0. The lowest BCUT2D eigenvalue weighted by Crippen LogP contribution is -2.37. The van der Waals surface area contributed by atoms with Gasteiger partial charge in [-0.25, -0.2) is 0 Å². The summed E-state index contributed by atoms with van der Waals surface area (Å²) in [4.78, 5) is 0. The SMILES string of the molecule is CN(O)C1CC(O)OC1CO. The summed E-state index contributed by atoms with van der Waals surface area (Å²) in [6, 6.07) is -0.310. The molecule has 1 heterocycles. The van der Waals surface area contributed by atoms with Crippen molar-refractivity contribution in [2.75, 3.05) is 13.7 Å². The largest absolute Gasteiger partial charge is 0.394 e. The Kier molecular flexibility index (Phi) is 2.80. The Bertz CT molecular complexity index is 130. The van der Waals surface area contributed by atoms with Gasteiger partial charge in [-0.15, -0.1) is 0 Å². The number of likely N-dealkylation sites (N-methyl/N-ethyl adjacent to an activating group) is 1. The molecule has 5 heteroatoms. The van der Waals surface area contributed by atoms with Crippen LogP contribution in [0.2, 0.25) is 0 Å². The first-order valence-electron chi connectivity index (χ1n) is 3.51. The Morgan fingerprint density at radius 3 is 2.64 bits per heavy atom. The van der Waals surface area contributed by atoms with E-state index >= 15 is 0 Å². The van der Waals surface area contributed by atoms with Crippen molar-refractivity contribution in [3.05, 3.63) is 0 Å². The summed E-state index contributed by atoms with van der Waals surface area (Å²) in [6.45, 7) is -0.188. The molecule has 0 bridgehead atoms. The van der Waals surface area contributed by atoms with Gasteiger partial charge in [0.1, 0.15) is 6.10 Å². The minimum Gasteiger partial charge on any atom is -0.394 e. The zero-order valence-electron chi connectivity index (χ0n) is 6.34. The van der Waals surface area contributed by atoms with Gasteiger partial charge < -0.3 is 20.2 Å². The minimum atomic E-state index is -0.869. The van der Waals surface area contributed by atoms with Crippen LogP contribution in [0, 0.1) is 0 Å². The van der Waals surface area contributed by atoms with Crippen LogP contribution in [0.1, 0.15) is 6.42 Å². The van der Waals surface area contributed by atoms with Crippen molar-refractivity contribution in [1.29, 1.82) is 0 Å². The van der Waals surface area contributed by atoms with Crippen molar-refractivity contribution in [3.63, 3.8) is 0 Å². The van der Waals surface area contributed by atoms with Crippen LogP contribution in [0.5, 0.6) is 0 Å². The van der Waals surface area contributed by atoms with Crippen LogP contribution < -0.4 is 0 Å². The highest BCUT2D eigenvalue weighted by Crippen LogP contribution is 2.21. The number of ether oxygens (including phenoxy) is 1. The van der Waals surface area contributed by atoms with Crippen molar-refractivity contribution < 1.29 is 20.2 Å². The topological polar surface area (TPSA) is 73.2 Å². The van der Waals surface area contributed by atoms with Crippen LogP contribution in [0.15, 0.2) is 0 Å². The van der Waals surface area contributed by atoms with E-state index in [1.165, 1.54) is 7.05 Å². The summed E-state index contributed by atoms with van der Waals surface area (Å²) in [6.07, 6.45) is -1.02. The maximum absolute atomic E-state index is 9.00. The number of hydrogen-bond acceptors (Lipinski definition) is 5. The van der Waals surface area contributed by atoms with Gasteiger partial charge in [-0.05, 0) is 0 Å². The second kappa shape index (κ2) is 3.46. The molecule has 5 nitrogen and oxygen atoms in total. The first-order chi connectivity index (χ1) is 5.15. The monoisotopic (exact) mass is 163 g/mol. The number of hydrogen-bond donors (Lipinski definition) is 3. The first kappa shape index (κ1) is 8.89. The van der Waals surface area contributed by atoms with Crippen molar-refractivity contribution in [2.45, 2.75) is 24.9 Å². The zero-order valence-corrected chi connectivity index (χ0v) is 6.34. The van der Waals surface area contributed by atoms with Crippen LogP contribution >= 0.6 is 0 Å². The summed E-state index contributed by atoms with van der Waals surface area (Å²) in [5.41, 5.74) is 0. The van der Waals surface area contributed by atoms with Gasteiger partial charge in [0.2, 0.25) is 0 Å². The first-order valence-corrected chi connectivity index (χ1v) is 3.51. The van der Waals surface area contributed by atoms with E-state index in [1.54, 1.807) is 0 Å². The highest BCUT2D eigenvalue weighted by Gasteiger charge is 2.35. The number of hydroxylamine groups is 2. The summed E-state index contributed by atoms with van der Waals surface area (Å²) >= 11 is 0. The average molecular weight is 163 g/mol. The lowest BCUT2D eigenvalue weighted by atomic mass is 10.1. The van der Waals surface area contributed by atoms with Gasteiger partial charge in [-0.1, -0.05) is 0 Å². The summed E-state index contributed by atoms with van der Waals surface area (Å²) < 4.78 is 4.89. The number of nitrogens with zero attached hydrogens (tertiary/aromatic N) is 1. The molecule has 66 valence electrons. The van der Waals surface area contributed by atoms with E-state index in [0.29, 0.717) is 6.42 Å². The minimum absolute atomic E-state index is 0.188. The third-order valence-corrected chi connectivity index (χ3v) is 1.86. The standard InChI is InChI=1S/C6H13NO4/c1-7(10)4-2-6(9)11-5(4)3-8/h4-6,8-10H,2-3H2,1H3. The summed E-state index contributed by atoms with van der Waals surface area (Å²) in [5, 5.41) is 27.7. The van der Waals surface area contributed by atoms with Gasteiger partial charge >= 0.3 is 0 Å². The molecule has 0 radical (unpaired) electrons. The molecule has 0 aliphatic carbocycles. The molecule has 3 atom stereocenters. The molecule has 0 aromatic carbocycles. The fourth-order valence-corrected chi connectivity index (χ4v) is 1.26. The Morgan fingerprint density at radius 2 is 2.27 bits per heavy atom. The van der Waals surface area contributed by atoms with Crippen molar-refractivity contribution in [3.8, 4) is 0 Å². The Morgan fingerprint density at radius 1 is 1.64 bits per heavy atom. The van der Waals surface area contributed by atoms with Crippen LogP contribution in [0.3, 0.4) is 0 Å². The Balaban J connectivity index is 2.50. The van der Waals surface area contributed by atoms with Crippen LogP contribution in [0.4, 0.5) is 0 Å². The molecule has 1 aliphatic rings. The maximum Gasteiger partial charge on any atom is 0.156 e. The quantitative estimate of drug-likeness (QED) is 0.445. The zero-order chi connectivity index (χ0) is 8.43. The van der Waals surface area contributed by atoms with E-state index in [9.17, 15) is 0 Å². The van der Waals surface area contributed by atoms with Gasteiger partial charge in [-0.3, -0.25) is 0 Å². The molecule has 0 saturated carbocycles. The molecule has 1 saturated heterocycles. The molecule has 3 N–H and O–H groups in total. The highest BCUT2D eigenvalue weighted by atomic mass is 16.6. The Hall–Kier alpha value is -0.200. The van der Waals surface area contributed by atoms with E-state index < -0.39 is 12.4 Å². The van der Waals surface area contributed by atoms with Gasteiger partial charge in [0.25, 0.3) is 0 Å². The molecule has 0 aromatic heterocycles. The molecule has 11 heavy (non-hydrogen) atoms. The number of aliphatic hydroxyl groups is 2. The molecule has 0 amide bonds. The predicted molar refractivity (Wildman–Crippen MR) is 35.9 cm³/mol. The van der Waals surface area contributed by atoms with E-state index in [2.05, 4.69) is 0 Å². The Labute approximate surface area is 64.8 Å². The van der Waals surface area contributed by atoms with Crippen LogP contribution in [-0.2, 0) is 4.74 Å². The third-order valence-electron chi connectivity index (χ3n) is 1.86. The van der Waals surface area contributed by atoms with Crippen LogP contribution in [-0.4, -0.2) is 52.6 Å². The van der Waals surface area contributed by atoms with Gasteiger partial charge in [0, 0.05) is 13.5 Å². The lowest BCUT2D eigenvalue weighted by molar-refractivity contribution is -0.137. The summed E-state index contributed by atoms with van der Waals surface area (Å²) in [7, 11) is 1.47. The average Bonchev–Trinajstić information content (AvgIpc) is 2.30. The van der Waals surface area contributed by atoms with Gasteiger partial charge in [0.15, 0.2) is 6.29 Å². The fourth-order valence-electron chi connectivity index (χ4n) is 1.26. The second-order valence-electron chi connectivity index (χ2n) is 2.69. The highest BCUT2D eigenvalue weighted by molar-refractivity contribution is 4.81. The van der Waals surface area contributed by atoms with Crippen molar-refractivity contribution in [1.82, 2.24) is 5.06 Å². The molecular formula is C6H13NO4. The van der Waals surface area contributed by atoms with Crippen molar-refractivity contribution in [2.24, 2.45) is 0 Å². The number of rotatable bonds is 2. The maximum atomic E-state index is 9.00. The van der Waals surface area contributed by atoms with E-state index in [4.69, 9.17) is 20.2 Å². The van der Waals surface area contributed by atoms with Crippen molar-refractivity contribution >= 4 is 0 Å². The molecule has 0 aromatic rings. The molecular weight excluding hydrogens is 150 g/mol. The third kappa shape index (κ3) is 1.88. The fraction of sp³-hybridized carbons (Fsp3) is 1.00. The smallest absolute Gasteiger partial charge is 0.156 e. The van der Waals surface area contributed by atoms with Crippen LogP contribution in [0.25, 0.3) is 0 Å². The van der Waals surface area contributed by atoms with Gasteiger partial charge in [0.05, 0.1) is 12.6 Å². The molecule has 1 aliphatic heterocycles.